The second-order valence-corrected chi connectivity index (χ2v) is 14.0. The predicted molar refractivity (Wildman–Crippen MR) is 218 cm³/mol. The highest BCUT2D eigenvalue weighted by molar-refractivity contribution is 5.95. The van der Waals surface area contributed by atoms with E-state index in [-0.39, 0.29) is 54.4 Å². The van der Waals surface area contributed by atoms with Crippen molar-refractivity contribution in [1.82, 2.24) is 0 Å². The van der Waals surface area contributed by atoms with Gasteiger partial charge in [0.05, 0.1) is 30.9 Å². The topological polar surface area (TPSA) is 88.1 Å². The summed E-state index contributed by atoms with van der Waals surface area (Å²) in [7, 11) is 0. The lowest BCUT2D eigenvalue weighted by Gasteiger charge is -2.37. The molecule has 0 aliphatic heterocycles. The number of ether oxygens (including phenoxy) is 4. The second kappa shape index (κ2) is 22.2. The van der Waals surface area contributed by atoms with Crippen molar-refractivity contribution in [3.05, 3.63) is 149 Å². The molecule has 0 atom stereocenters. The lowest BCUT2D eigenvalue weighted by molar-refractivity contribution is -0.424. The number of terminal acetylenes is 1. The van der Waals surface area contributed by atoms with Gasteiger partial charge in [-0.15, -0.1) is 13.0 Å². The fraction of sp³-hybridized carbons (Fsp3) is 0.271. The van der Waals surface area contributed by atoms with Gasteiger partial charge in [-0.05, 0) is 97.1 Å². The summed E-state index contributed by atoms with van der Waals surface area (Å²) < 4.78 is 171. The van der Waals surface area contributed by atoms with Crippen LogP contribution in [-0.4, -0.2) is 61.7 Å². The first-order valence-corrected chi connectivity index (χ1v) is 19.5. The molecule has 0 aromatic heterocycles. The Morgan fingerprint density at radius 2 is 1.32 bits per heavy atom. The van der Waals surface area contributed by atoms with E-state index in [2.05, 4.69) is 18.4 Å². The molecule has 0 amide bonds. The third kappa shape index (κ3) is 12.8. The van der Waals surface area contributed by atoms with E-state index in [1.807, 2.05) is 12.0 Å². The average molecular weight is 935 g/mol. The molecule has 0 spiro atoms. The van der Waals surface area contributed by atoms with Gasteiger partial charge < -0.3 is 18.9 Å². The third-order valence-corrected chi connectivity index (χ3v) is 9.22. The third-order valence-electron chi connectivity index (χ3n) is 9.22. The lowest BCUT2D eigenvalue weighted by atomic mass is 9.92. The SMILES string of the molecule is C#CC(=O)OCCCOc1ccc(CCOC(=O)c2ccc(OC(=O)c3ccc(C#Cc4cccc(C(F)(F)C(F)(F)C(F)(F)C(F)(F)C(F)(F)F)c4)cc3)cc2/C=C/CCCC=C)cc1. The van der Waals surface area contributed by atoms with Crippen LogP contribution in [-0.2, 0) is 26.6 Å². The van der Waals surface area contributed by atoms with E-state index in [0.717, 1.165) is 24.5 Å². The first-order valence-electron chi connectivity index (χ1n) is 19.5. The summed E-state index contributed by atoms with van der Waals surface area (Å²) in [5.74, 6) is -23.6. The molecule has 348 valence electrons. The number of hydrogen-bond acceptors (Lipinski definition) is 7. The van der Waals surface area contributed by atoms with E-state index in [4.69, 9.17) is 25.4 Å². The van der Waals surface area contributed by atoms with Gasteiger partial charge in [-0.3, -0.25) is 0 Å². The molecule has 4 rings (SSSR count). The van der Waals surface area contributed by atoms with E-state index in [9.17, 15) is 62.7 Å². The minimum absolute atomic E-state index is 0.0195. The smallest absolute Gasteiger partial charge is 0.460 e. The standard InChI is InChI=1S/C48H37F11O7/c1-3-5-6-7-8-12-36-31-39(24-25-40(36)43(62)65-29-26-33-18-22-38(23-19-33)63-27-10-28-64-41(60)4-2)66-42(61)35-20-16-32(17-21-35)14-15-34-11-9-13-37(30-34)44(49,50)45(51,52)46(53,54)47(55,56)48(57,58)59/h2-3,8-9,11-13,16-25,30-31H,1,5-7,10,26-29H2/b12-8+. The first-order chi connectivity index (χ1) is 31.0. The summed E-state index contributed by atoms with van der Waals surface area (Å²) in [4.78, 5) is 37.3. The number of hydrogen-bond donors (Lipinski definition) is 0. The number of benzene rings is 4. The van der Waals surface area contributed by atoms with Crippen molar-refractivity contribution in [2.75, 3.05) is 19.8 Å². The zero-order chi connectivity index (χ0) is 48.8. The number of unbranched alkanes of at least 4 members (excludes halogenated alkanes) is 2. The van der Waals surface area contributed by atoms with Gasteiger partial charge in [0.2, 0.25) is 0 Å². The van der Waals surface area contributed by atoms with Crippen LogP contribution in [0.1, 0.15) is 74.2 Å². The Hall–Kier alpha value is -7.08. The molecule has 0 radical (unpaired) electrons. The summed E-state index contributed by atoms with van der Waals surface area (Å²) in [6.07, 6.45) is 5.89. The summed E-state index contributed by atoms with van der Waals surface area (Å²) >= 11 is 0. The van der Waals surface area contributed by atoms with Crippen LogP contribution in [0.15, 0.2) is 110 Å². The molecule has 66 heavy (non-hydrogen) atoms. The second-order valence-electron chi connectivity index (χ2n) is 14.0. The van der Waals surface area contributed by atoms with Crippen LogP contribution in [0.3, 0.4) is 0 Å². The highest BCUT2D eigenvalue weighted by Crippen LogP contribution is 2.59. The van der Waals surface area contributed by atoms with Crippen molar-refractivity contribution >= 4 is 24.0 Å². The van der Waals surface area contributed by atoms with Gasteiger partial charge in [0.15, 0.2) is 0 Å². The molecule has 4 aromatic carbocycles. The molecule has 0 N–H and O–H groups in total. The summed E-state index contributed by atoms with van der Waals surface area (Å²) in [6, 6.07) is 18.2. The van der Waals surface area contributed by atoms with Crippen molar-refractivity contribution < 1.29 is 81.6 Å². The number of allylic oxidation sites excluding steroid dienone is 2. The van der Waals surface area contributed by atoms with E-state index in [1.165, 1.54) is 42.5 Å². The van der Waals surface area contributed by atoms with E-state index in [0.29, 0.717) is 36.6 Å². The Morgan fingerprint density at radius 1 is 0.652 bits per heavy atom. The summed E-state index contributed by atoms with van der Waals surface area (Å²) in [5, 5.41) is 0. The minimum Gasteiger partial charge on any atom is -0.493 e. The van der Waals surface area contributed by atoms with Crippen LogP contribution in [0.4, 0.5) is 48.3 Å². The van der Waals surface area contributed by atoms with Crippen LogP contribution >= 0.6 is 0 Å². The largest absolute Gasteiger partial charge is 0.493 e. The molecule has 0 fully saturated rings. The molecule has 0 unspecified atom stereocenters. The average Bonchev–Trinajstić information content (AvgIpc) is 3.28. The number of carbonyl (C=O) groups excluding carboxylic acids is 3. The number of esters is 3. The van der Waals surface area contributed by atoms with E-state index < -0.39 is 58.9 Å². The van der Waals surface area contributed by atoms with Gasteiger partial charge >= 0.3 is 47.8 Å². The fourth-order valence-electron chi connectivity index (χ4n) is 5.61. The lowest BCUT2D eigenvalue weighted by Crippen LogP contribution is -2.65. The maximum atomic E-state index is 14.6. The van der Waals surface area contributed by atoms with Crippen LogP contribution in [0, 0.1) is 24.2 Å². The van der Waals surface area contributed by atoms with Crippen LogP contribution < -0.4 is 9.47 Å². The number of rotatable bonds is 20. The van der Waals surface area contributed by atoms with E-state index >= 15 is 0 Å². The fourth-order valence-corrected chi connectivity index (χ4v) is 5.61. The predicted octanol–water partition coefficient (Wildman–Crippen LogP) is 11.6. The van der Waals surface area contributed by atoms with Crippen molar-refractivity contribution in [2.24, 2.45) is 0 Å². The normalized spacial score (nSPS) is 12.1. The molecule has 0 heterocycles. The summed E-state index contributed by atoms with van der Waals surface area (Å²) in [5.41, 5.74) is -1.07. The van der Waals surface area contributed by atoms with Gasteiger partial charge in [0.1, 0.15) is 11.5 Å². The Balaban J connectivity index is 1.41. The van der Waals surface area contributed by atoms with Crippen molar-refractivity contribution in [1.29, 1.82) is 0 Å². The number of carbonyl (C=O) groups is 3. The maximum Gasteiger partial charge on any atom is 0.460 e. The number of alkyl halides is 11. The first kappa shape index (κ1) is 51.6. The summed E-state index contributed by atoms with van der Waals surface area (Å²) in [6.45, 7) is 4.12. The monoisotopic (exact) mass is 934 g/mol. The highest BCUT2D eigenvalue weighted by Gasteiger charge is 2.87. The maximum absolute atomic E-state index is 14.6. The Kier molecular flexibility index (Phi) is 17.3. The van der Waals surface area contributed by atoms with Gasteiger partial charge in [0.25, 0.3) is 0 Å². The molecule has 7 nitrogen and oxygen atoms in total. The number of halogens is 11. The molecule has 18 heteroatoms. The van der Waals surface area contributed by atoms with Crippen LogP contribution in [0.5, 0.6) is 11.5 Å². The molecule has 0 aliphatic rings. The zero-order valence-corrected chi connectivity index (χ0v) is 34.3. The Bertz CT molecular complexity index is 2480. The van der Waals surface area contributed by atoms with Crippen molar-refractivity contribution in [3.8, 4) is 35.7 Å². The van der Waals surface area contributed by atoms with Gasteiger partial charge in [0, 0.05) is 35.5 Å². The van der Waals surface area contributed by atoms with Gasteiger partial charge in [-0.2, -0.15) is 48.3 Å². The van der Waals surface area contributed by atoms with Gasteiger partial charge in [-0.1, -0.05) is 54.3 Å². The van der Waals surface area contributed by atoms with Gasteiger partial charge in [-0.25, -0.2) is 14.4 Å². The minimum atomic E-state index is -7.56. The van der Waals surface area contributed by atoms with Crippen LogP contribution in [0.2, 0.25) is 0 Å². The molecule has 0 aliphatic carbocycles. The zero-order valence-electron chi connectivity index (χ0n) is 34.3. The molecule has 0 saturated carbocycles. The molecule has 0 saturated heterocycles. The Morgan fingerprint density at radius 3 is 1.97 bits per heavy atom. The van der Waals surface area contributed by atoms with Crippen LogP contribution in [0.25, 0.3) is 6.08 Å². The van der Waals surface area contributed by atoms with Crippen molar-refractivity contribution in [2.45, 2.75) is 62.0 Å². The highest BCUT2D eigenvalue weighted by atomic mass is 19.4. The molecule has 4 aromatic rings. The van der Waals surface area contributed by atoms with Crippen molar-refractivity contribution in [3.63, 3.8) is 0 Å². The quantitative estimate of drug-likeness (QED) is 0.0166. The Labute approximate surface area is 371 Å². The molecular weight excluding hydrogens is 897 g/mol. The molecule has 0 bridgehead atoms. The van der Waals surface area contributed by atoms with E-state index in [1.54, 1.807) is 36.4 Å². The molecular formula is C48H37F11O7.